The fourth-order valence-electron chi connectivity index (χ4n) is 3.17. The van der Waals surface area contributed by atoms with Gasteiger partial charge in [0.05, 0.1) is 22.2 Å². The molecule has 4 rings (SSSR count). The second-order valence-electron chi connectivity index (χ2n) is 8.53. The first-order valence-corrected chi connectivity index (χ1v) is 10.1. The van der Waals surface area contributed by atoms with E-state index < -0.39 is 11.2 Å². The molecule has 1 aromatic heterocycles. The highest BCUT2D eigenvalue weighted by Crippen LogP contribution is 2.28. The van der Waals surface area contributed by atoms with Crippen LogP contribution in [0.25, 0.3) is 28.1 Å². The SMILES string of the molecule is CC(C)(O)C(C)(C)O[B]c1cccc(-c2nc3ccccc3n2-c2ccccc2)c1. The van der Waals surface area contributed by atoms with Crippen LogP contribution in [0.5, 0.6) is 0 Å². The Balaban J connectivity index is 1.74. The third kappa shape index (κ3) is 3.91. The fraction of sp³-hybridized carbons (Fsp3) is 0.240. The summed E-state index contributed by atoms with van der Waals surface area (Å²) in [6.45, 7) is 7.25. The van der Waals surface area contributed by atoms with E-state index in [2.05, 4.69) is 34.9 Å². The second kappa shape index (κ2) is 7.75. The van der Waals surface area contributed by atoms with E-state index in [1.54, 1.807) is 21.3 Å². The third-order valence-electron chi connectivity index (χ3n) is 5.68. The molecular weight excluding hydrogens is 371 g/mol. The summed E-state index contributed by atoms with van der Waals surface area (Å²) < 4.78 is 8.12. The number of fused-ring (bicyclic) bond motifs is 1. The molecule has 0 aliphatic rings. The standard InChI is InChI=1S/C25H26BN2O2/c1-24(2,29)25(3,4)30-26-19-12-10-11-18(17-19)23-27-21-15-8-9-16-22(21)28(23)20-13-6-5-7-14-20/h5-17,29H,1-4H3. The monoisotopic (exact) mass is 397 g/mol. The molecule has 1 heterocycles. The summed E-state index contributed by atoms with van der Waals surface area (Å²) in [5, 5.41) is 10.3. The molecule has 1 radical (unpaired) electrons. The molecule has 3 aromatic carbocycles. The summed E-state index contributed by atoms with van der Waals surface area (Å²) in [5.74, 6) is 0.874. The number of imidazole rings is 1. The molecule has 0 aliphatic carbocycles. The molecule has 0 saturated carbocycles. The Kier molecular flexibility index (Phi) is 5.26. The summed E-state index contributed by atoms with van der Waals surface area (Å²) in [4.78, 5) is 4.92. The van der Waals surface area contributed by atoms with Crippen LogP contribution < -0.4 is 5.46 Å². The van der Waals surface area contributed by atoms with Gasteiger partial charge in [0.1, 0.15) is 5.82 Å². The smallest absolute Gasteiger partial charge is 0.330 e. The molecule has 0 aliphatic heterocycles. The highest BCUT2D eigenvalue weighted by molar-refractivity contribution is 6.47. The molecular formula is C25H26BN2O2. The van der Waals surface area contributed by atoms with Gasteiger partial charge < -0.3 is 9.76 Å². The number of hydrogen-bond donors (Lipinski definition) is 1. The van der Waals surface area contributed by atoms with Crippen molar-refractivity contribution >= 4 is 24.0 Å². The van der Waals surface area contributed by atoms with E-state index in [1.165, 1.54) is 0 Å². The highest BCUT2D eigenvalue weighted by atomic mass is 16.5. The van der Waals surface area contributed by atoms with Crippen molar-refractivity contribution in [2.24, 2.45) is 0 Å². The Morgan fingerprint density at radius 2 is 1.57 bits per heavy atom. The molecule has 4 aromatic rings. The Morgan fingerprint density at radius 3 is 2.30 bits per heavy atom. The average molecular weight is 397 g/mol. The van der Waals surface area contributed by atoms with E-state index in [4.69, 9.17) is 9.64 Å². The van der Waals surface area contributed by atoms with E-state index >= 15 is 0 Å². The van der Waals surface area contributed by atoms with Crippen molar-refractivity contribution in [3.8, 4) is 17.1 Å². The van der Waals surface area contributed by atoms with Crippen LogP contribution in [0.15, 0.2) is 78.9 Å². The van der Waals surface area contributed by atoms with Gasteiger partial charge in [0.15, 0.2) is 0 Å². The van der Waals surface area contributed by atoms with E-state index in [-0.39, 0.29) is 0 Å². The molecule has 0 amide bonds. The molecule has 0 saturated heterocycles. The lowest BCUT2D eigenvalue weighted by atomic mass is 9.82. The summed E-state index contributed by atoms with van der Waals surface area (Å²) in [6, 6.07) is 26.5. The maximum atomic E-state index is 10.3. The quantitative estimate of drug-likeness (QED) is 0.488. The van der Waals surface area contributed by atoms with Crippen LogP contribution in [-0.2, 0) is 4.65 Å². The zero-order chi connectivity index (χ0) is 21.4. The van der Waals surface area contributed by atoms with E-state index in [9.17, 15) is 5.11 Å². The Morgan fingerprint density at radius 1 is 0.867 bits per heavy atom. The minimum Gasteiger partial charge on any atom is -0.427 e. The molecule has 0 fully saturated rings. The Labute approximate surface area is 178 Å². The Hall–Kier alpha value is -2.89. The van der Waals surface area contributed by atoms with Crippen molar-refractivity contribution in [2.45, 2.75) is 38.9 Å². The van der Waals surface area contributed by atoms with Crippen molar-refractivity contribution in [1.82, 2.24) is 9.55 Å². The molecule has 0 atom stereocenters. The van der Waals surface area contributed by atoms with Gasteiger partial charge in [-0.1, -0.05) is 60.1 Å². The number of benzene rings is 3. The van der Waals surface area contributed by atoms with Gasteiger partial charge in [-0.25, -0.2) is 4.98 Å². The summed E-state index contributed by atoms with van der Waals surface area (Å²) in [7, 11) is 1.71. The number of rotatable bonds is 6. The van der Waals surface area contributed by atoms with Crippen molar-refractivity contribution in [1.29, 1.82) is 0 Å². The van der Waals surface area contributed by atoms with E-state index in [0.29, 0.717) is 0 Å². The van der Waals surface area contributed by atoms with Gasteiger partial charge in [0.2, 0.25) is 0 Å². The predicted octanol–water partition coefficient (Wildman–Crippen LogP) is 4.50. The van der Waals surface area contributed by atoms with Gasteiger partial charge in [-0.05, 0) is 52.0 Å². The molecule has 4 nitrogen and oxygen atoms in total. The van der Waals surface area contributed by atoms with Crippen molar-refractivity contribution in [2.75, 3.05) is 0 Å². The molecule has 1 N–H and O–H groups in total. The van der Waals surface area contributed by atoms with Crippen molar-refractivity contribution in [3.05, 3.63) is 78.9 Å². The summed E-state index contributed by atoms with van der Waals surface area (Å²) in [5.41, 5.74) is 3.29. The lowest BCUT2D eigenvalue weighted by molar-refractivity contribution is -0.0893. The predicted molar refractivity (Wildman–Crippen MR) is 123 cm³/mol. The summed E-state index contributed by atoms with van der Waals surface area (Å²) in [6.07, 6.45) is 0. The molecule has 151 valence electrons. The number of hydrogen-bond acceptors (Lipinski definition) is 3. The highest BCUT2D eigenvalue weighted by Gasteiger charge is 2.35. The van der Waals surface area contributed by atoms with Gasteiger partial charge >= 0.3 is 7.48 Å². The average Bonchev–Trinajstić information content (AvgIpc) is 3.12. The van der Waals surface area contributed by atoms with Crippen molar-refractivity contribution < 1.29 is 9.76 Å². The number of aliphatic hydroxyl groups is 1. The van der Waals surface area contributed by atoms with Gasteiger partial charge in [-0.2, -0.15) is 0 Å². The van der Waals surface area contributed by atoms with Gasteiger partial charge in [-0.15, -0.1) is 0 Å². The Bertz CT molecular complexity index is 1160. The fourth-order valence-corrected chi connectivity index (χ4v) is 3.17. The molecule has 0 unspecified atom stereocenters. The van der Waals surface area contributed by atoms with Crippen LogP contribution in [0, 0.1) is 0 Å². The lowest BCUT2D eigenvalue weighted by Gasteiger charge is -2.37. The van der Waals surface area contributed by atoms with E-state index in [1.807, 2.05) is 62.4 Å². The normalized spacial score (nSPS) is 12.3. The van der Waals surface area contributed by atoms with Gasteiger partial charge in [0, 0.05) is 11.3 Å². The van der Waals surface area contributed by atoms with E-state index in [0.717, 1.165) is 33.6 Å². The van der Waals surface area contributed by atoms with Gasteiger partial charge in [-0.3, -0.25) is 4.57 Å². The first-order valence-electron chi connectivity index (χ1n) is 10.1. The third-order valence-corrected chi connectivity index (χ3v) is 5.68. The second-order valence-corrected chi connectivity index (χ2v) is 8.53. The summed E-state index contributed by atoms with van der Waals surface area (Å²) >= 11 is 0. The maximum absolute atomic E-state index is 10.3. The van der Waals surface area contributed by atoms with Crippen LogP contribution in [-0.4, -0.2) is 33.3 Å². The van der Waals surface area contributed by atoms with Crippen LogP contribution in [0.1, 0.15) is 27.7 Å². The topological polar surface area (TPSA) is 47.3 Å². The molecule has 30 heavy (non-hydrogen) atoms. The number of aromatic nitrogens is 2. The first-order chi connectivity index (χ1) is 14.3. The maximum Gasteiger partial charge on any atom is 0.330 e. The van der Waals surface area contributed by atoms with Crippen LogP contribution in [0.3, 0.4) is 0 Å². The number of nitrogens with zero attached hydrogens (tertiary/aromatic N) is 2. The molecule has 5 heteroatoms. The number of para-hydroxylation sites is 3. The molecule has 0 spiro atoms. The van der Waals surface area contributed by atoms with Crippen LogP contribution in [0.4, 0.5) is 0 Å². The van der Waals surface area contributed by atoms with Crippen LogP contribution in [0.2, 0.25) is 0 Å². The van der Waals surface area contributed by atoms with Crippen LogP contribution >= 0.6 is 0 Å². The zero-order valence-electron chi connectivity index (χ0n) is 17.8. The zero-order valence-corrected chi connectivity index (χ0v) is 17.8. The van der Waals surface area contributed by atoms with Gasteiger partial charge in [0.25, 0.3) is 0 Å². The lowest BCUT2D eigenvalue weighted by Crippen LogP contribution is -2.49. The first kappa shape index (κ1) is 20.4. The largest absolute Gasteiger partial charge is 0.427 e. The minimum absolute atomic E-state index is 0.722. The molecule has 0 bridgehead atoms. The van der Waals surface area contributed by atoms with Crippen molar-refractivity contribution in [3.63, 3.8) is 0 Å². The minimum atomic E-state index is -0.970.